The number of amides is 4. The number of hydroxylamine groups is 2. The molecule has 146 valence electrons. The van der Waals surface area contributed by atoms with E-state index in [9.17, 15) is 22.8 Å². The van der Waals surface area contributed by atoms with Crippen molar-refractivity contribution < 1.29 is 31.6 Å². The van der Waals surface area contributed by atoms with Gasteiger partial charge in [-0.15, -0.1) is 4.28 Å². The van der Waals surface area contributed by atoms with Gasteiger partial charge in [-0.2, -0.15) is 25.2 Å². The monoisotopic (exact) mass is 408 g/mol. The maximum absolute atomic E-state index is 12.7. The first-order valence-electron chi connectivity index (χ1n) is 8.16. The number of hydrogen-bond acceptors (Lipinski definition) is 8. The molecule has 3 rings (SSSR count). The second-order valence-corrected chi connectivity index (χ2v) is 8.67. The van der Waals surface area contributed by atoms with Gasteiger partial charge in [-0.1, -0.05) is 0 Å². The molecule has 0 spiro atoms. The molecule has 26 heavy (non-hydrogen) atoms. The van der Waals surface area contributed by atoms with Crippen molar-refractivity contribution in [3.63, 3.8) is 0 Å². The molecule has 0 aromatic carbocycles. The van der Waals surface area contributed by atoms with Crippen LogP contribution in [0.1, 0.15) is 25.7 Å². The molecule has 0 aliphatic carbocycles. The summed E-state index contributed by atoms with van der Waals surface area (Å²) >= 11 is 1.74. The average Bonchev–Trinajstić information content (AvgIpc) is 2.84. The standard InChI is InChI=1S/C13H20N4O7S2/c14-16(11(18)8-3-5-25-6-4-8)12(19)10-2-1-9-7-15(10)13(20)17(9)24-26(21,22)23/h8-10H,1-7,14H2,(H,21,22,23)/t9-,10+/m1/s1. The fraction of sp³-hybridized carbons (Fsp3) is 0.769. The van der Waals surface area contributed by atoms with Gasteiger partial charge in [-0.05, 0) is 37.2 Å². The minimum atomic E-state index is -4.86. The maximum Gasteiger partial charge on any atom is 0.418 e. The van der Waals surface area contributed by atoms with Crippen LogP contribution in [0.3, 0.4) is 0 Å². The van der Waals surface area contributed by atoms with Gasteiger partial charge in [-0.25, -0.2) is 15.6 Å². The molecule has 3 fully saturated rings. The summed E-state index contributed by atoms with van der Waals surface area (Å²) in [6.45, 7) is 0.0485. The highest BCUT2D eigenvalue weighted by Gasteiger charge is 2.50. The topological polar surface area (TPSA) is 151 Å². The van der Waals surface area contributed by atoms with Crippen molar-refractivity contribution in [3.8, 4) is 0 Å². The highest BCUT2D eigenvalue weighted by atomic mass is 32.3. The number of piperidine rings is 1. The largest absolute Gasteiger partial charge is 0.418 e. The number of hydrogen-bond donors (Lipinski definition) is 2. The predicted molar refractivity (Wildman–Crippen MR) is 89.5 cm³/mol. The van der Waals surface area contributed by atoms with Gasteiger partial charge in [0.2, 0.25) is 5.91 Å². The lowest BCUT2D eigenvalue weighted by Crippen LogP contribution is -2.56. The molecule has 13 heteroatoms. The molecule has 0 unspecified atom stereocenters. The van der Waals surface area contributed by atoms with Crippen LogP contribution in [0.2, 0.25) is 0 Å². The number of hydrazine groups is 1. The number of carbonyl (C=O) groups excluding carboxylic acids is 3. The molecule has 3 N–H and O–H groups in total. The Balaban J connectivity index is 1.69. The molecule has 2 bridgehead atoms. The van der Waals surface area contributed by atoms with Crippen LogP contribution in [0, 0.1) is 5.92 Å². The van der Waals surface area contributed by atoms with Crippen molar-refractivity contribution in [2.45, 2.75) is 37.8 Å². The quantitative estimate of drug-likeness (QED) is 0.203. The molecule has 4 amide bonds. The van der Waals surface area contributed by atoms with Gasteiger partial charge in [-0.3, -0.25) is 14.1 Å². The van der Waals surface area contributed by atoms with E-state index in [1.54, 1.807) is 11.8 Å². The number of urea groups is 1. The molecule has 0 radical (unpaired) electrons. The highest BCUT2D eigenvalue weighted by molar-refractivity contribution is 7.99. The number of nitrogens with zero attached hydrogens (tertiary/aromatic N) is 3. The minimum Gasteiger partial charge on any atom is -0.309 e. The summed E-state index contributed by atoms with van der Waals surface area (Å²) in [4.78, 5) is 38.5. The summed E-state index contributed by atoms with van der Waals surface area (Å²) in [7, 11) is -4.86. The van der Waals surface area contributed by atoms with Crippen LogP contribution in [-0.2, 0) is 24.3 Å². The van der Waals surface area contributed by atoms with Gasteiger partial charge >= 0.3 is 16.4 Å². The van der Waals surface area contributed by atoms with Crippen molar-refractivity contribution in [2.24, 2.45) is 11.8 Å². The number of imide groups is 1. The van der Waals surface area contributed by atoms with E-state index in [1.165, 1.54) is 0 Å². The maximum atomic E-state index is 12.7. The molecule has 2 atom stereocenters. The third-order valence-electron chi connectivity index (χ3n) is 4.83. The Labute approximate surface area is 154 Å². The number of thioether (sulfide) groups is 1. The summed E-state index contributed by atoms with van der Waals surface area (Å²) in [6.07, 6.45) is 1.78. The molecule has 0 aromatic rings. The Morgan fingerprint density at radius 1 is 1.19 bits per heavy atom. The van der Waals surface area contributed by atoms with Crippen LogP contribution in [-0.4, -0.2) is 75.9 Å². The summed E-state index contributed by atoms with van der Waals surface area (Å²) in [5.41, 5.74) is 0. The number of fused-ring (bicyclic) bond motifs is 2. The van der Waals surface area contributed by atoms with Crippen molar-refractivity contribution in [1.82, 2.24) is 15.0 Å². The number of rotatable bonds is 4. The zero-order chi connectivity index (χ0) is 19.1. The van der Waals surface area contributed by atoms with E-state index in [1.807, 2.05) is 0 Å². The van der Waals surface area contributed by atoms with Crippen molar-refractivity contribution in [2.75, 3.05) is 18.1 Å². The number of nitrogens with two attached hydrogens (primary N) is 1. The SMILES string of the molecule is NN(C(=O)C1CCSCC1)C(=O)[C@@H]1CC[C@@H]2CN1C(=O)N2OS(=O)(=O)O. The van der Waals surface area contributed by atoms with Gasteiger partial charge in [0.25, 0.3) is 5.91 Å². The van der Waals surface area contributed by atoms with Gasteiger partial charge in [0.05, 0.1) is 6.04 Å². The smallest absolute Gasteiger partial charge is 0.309 e. The first kappa shape index (κ1) is 19.4. The van der Waals surface area contributed by atoms with E-state index < -0.39 is 40.3 Å². The normalized spacial score (nSPS) is 26.9. The Hall–Kier alpha value is -1.41. The van der Waals surface area contributed by atoms with Crippen LogP contribution >= 0.6 is 11.8 Å². The van der Waals surface area contributed by atoms with Crippen LogP contribution in [0.15, 0.2) is 0 Å². The molecule has 3 saturated heterocycles. The van der Waals surface area contributed by atoms with E-state index in [0.717, 1.165) is 16.4 Å². The van der Waals surface area contributed by atoms with Gasteiger partial charge in [0.15, 0.2) is 0 Å². The Morgan fingerprint density at radius 2 is 1.85 bits per heavy atom. The van der Waals surface area contributed by atoms with Crippen LogP contribution < -0.4 is 5.84 Å². The highest BCUT2D eigenvalue weighted by Crippen LogP contribution is 2.32. The second-order valence-electron chi connectivity index (χ2n) is 6.44. The first-order chi connectivity index (χ1) is 12.2. The van der Waals surface area contributed by atoms with Crippen LogP contribution in [0.5, 0.6) is 0 Å². The van der Waals surface area contributed by atoms with Crippen LogP contribution in [0.4, 0.5) is 4.79 Å². The molecule has 0 aromatic heterocycles. The van der Waals surface area contributed by atoms with E-state index >= 15 is 0 Å². The summed E-state index contributed by atoms with van der Waals surface area (Å²) in [5, 5.41) is 1.13. The molecule has 3 aliphatic heterocycles. The minimum absolute atomic E-state index is 0.0485. The molecular formula is C13H20N4O7S2. The lowest BCUT2D eigenvalue weighted by Gasteiger charge is -2.32. The Morgan fingerprint density at radius 3 is 2.46 bits per heavy atom. The summed E-state index contributed by atoms with van der Waals surface area (Å²) in [6, 6.07) is -2.44. The van der Waals surface area contributed by atoms with Gasteiger partial charge in [0.1, 0.15) is 6.04 Å². The zero-order valence-corrected chi connectivity index (χ0v) is 15.4. The fourth-order valence-corrected chi connectivity index (χ4v) is 4.99. The zero-order valence-electron chi connectivity index (χ0n) is 13.8. The third kappa shape index (κ3) is 3.81. The first-order valence-corrected chi connectivity index (χ1v) is 10.7. The fourth-order valence-electron chi connectivity index (χ4n) is 3.50. The molecule has 0 saturated carbocycles. The van der Waals surface area contributed by atoms with E-state index in [-0.39, 0.29) is 25.3 Å². The van der Waals surface area contributed by atoms with Gasteiger partial charge in [0, 0.05) is 12.5 Å². The lowest BCUT2D eigenvalue weighted by molar-refractivity contribution is -0.151. The van der Waals surface area contributed by atoms with Crippen molar-refractivity contribution in [1.29, 1.82) is 0 Å². The lowest BCUT2D eigenvalue weighted by atomic mass is 9.98. The predicted octanol–water partition coefficient (Wildman–Crippen LogP) is -0.638. The average molecular weight is 408 g/mol. The Kier molecular flexibility index (Phi) is 5.44. The Bertz CT molecular complexity index is 709. The van der Waals surface area contributed by atoms with Gasteiger partial charge < -0.3 is 4.90 Å². The molecule has 3 aliphatic rings. The summed E-state index contributed by atoms with van der Waals surface area (Å²) in [5.74, 6) is 5.93. The van der Waals surface area contributed by atoms with E-state index in [4.69, 9.17) is 10.4 Å². The number of carbonyl (C=O) groups is 3. The van der Waals surface area contributed by atoms with Crippen molar-refractivity contribution in [3.05, 3.63) is 0 Å². The van der Waals surface area contributed by atoms with E-state index in [2.05, 4.69) is 4.28 Å². The molecular weight excluding hydrogens is 388 g/mol. The van der Waals surface area contributed by atoms with Crippen molar-refractivity contribution >= 4 is 40.0 Å². The van der Waals surface area contributed by atoms with E-state index in [0.29, 0.717) is 22.9 Å². The second kappa shape index (κ2) is 7.31. The molecule has 11 nitrogen and oxygen atoms in total. The van der Waals surface area contributed by atoms with Crippen LogP contribution in [0.25, 0.3) is 0 Å². The molecule has 3 heterocycles. The third-order valence-corrected chi connectivity index (χ3v) is 6.23. The summed E-state index contributed by atoms with van der Waals surface area (Å²) < 4.78 is 34.9.